The van der Waals surface area contributed by atoms with Crippen LogP contribution in [0.5, 0.6) is 0 Å². The minimum absolute atomic E-state index is 0.661. The first-order chi connectivity index (χ1) is 9.78. The highest BCUT2D eigenvalue weighted by atomic mass is 32.1. The maximum Gasteiger partial charge on any atom is 0.124 e. The fraction of sp³-hybridized carbons (Fsp3) is 0.0625. The van der Waals surface area contributed by atoms with Crippen molar-refractivity contribution in [3.63, 3.8) is 0 Å². The molecule has 0 amide bonds. The maximum atomic E-state index is 8.81. The fourth-order valence-electron chi connectivity index (χ4n) is 1.96. The van der Waals surface area contributed by atoms with Gasteiger partial charge in [0.1, 0.15) is 5.01 Å². The van der Waals surface area contributed by atoms with Crippen LogP contribution < -0.4 is 0 Å². The van der Waals surface area contributed by atoms with Gasteiger partial charge in [0.05, 0.1) is 17.3 Å². The second-order valence-electron chi connectivity index (χ2n) is 4.42. The molecule has 0 saturated carbocycles. The van der Waals surface area contributed by atoms with E-state index in [2.05, 4.69) is 16.0 Å². The monoisotopic (exact) mass is 277 g/mol. The lowest BCUT2D eigenvalue weighted by Crippen LogP contribution is -1.84. The molecule has 0 N–H and O–H groups in total. The highest BCUT2D eigenvalue weighted by Gasteiger charge is 2.08. The summed E-state index contributed by atoms with van der Waals surface area (Å²) in [7, 11) is 0. The van der Waals surface area contributed by atoms with Crippen molar-refractivity contribution in [3.8, 4) is 27.9 Å². The number of aryl methyl sites for hydroxylation is 1. The molecule has 0 aliphatic carbocycles. The Morgan fingerprint density at radius 3 is 2.65 bits per heavy atom. The molecule has 2 aromatic heterocycles. The third kappa shape index (κ3) is 2.31. The van der Waals surface area contributed by atoms with Gasteiger partial charge >= 0.3 is 0 Å². The van der Waals surface area contributed by atoms with Crippen LogP contribution in [0.15, 0.2) is 48.1 Å². The standard InChI is InChI=1S/C16H11N3S/c1-11-9-18-7-6-14(11)16-19-15(10-20-16)13-4-2-12(8-17)3-5-13/h2-7,9-10H,1H3. The van der Waals surface area contributed by atoms with Gasteiger partial charge in [0.2, 0.25) is 0 Å². The smallest absolute Gasteiger partial charge is 0.124 e. The number of aromatic nitrogens is 2. The van der Waals surface area contributed by atoms with Gasteiger partial charge in [-0.3, -0.25) is 4.98 Å². The number of benzene rings is 1. The minimum Gasteiger partial charge on any atom is -0.264 e. The van der Waals surface area contributed by atoms with Gasteiger partial charge in [-0.15, -0.1) is 11.3 Å². The lowest BCUT2D eigenvalue weighted by atomic mass is 10.1. The average molecular weight is 277 g/mol. The Balaban J connectivity index is 1.98. The van der Waals surface area contributed by atoms with Gasteiger partial charge < -0.3 is 0 Å². The van der Waals surface area contributed by atoms with E-state index in [1.165, 1.54) is 0 Å². The highest BCUT2D eigenvalue weighted by Crippen LogP contribution is 2.30. The average Bonchev–Trinajstić information content (AvgIpc) is 2.97. The van der Waals surface area contributed by atoms with Crippen LogP contribution in [0.4, 0.5) is 0 Å². The maximum absolute atomic E-state index is 8.81. The molecule has 3 aromatic rings. The summed E-state index contributed by atoms with van der Waals surface area (Å²) < 4.78 is 0. The quantitative estimate of drug-likeness (QED) is 0.710. The lowest BCUT2D eigenvalue weighted by molar-refractivity contribution is 1.26. The van der Waals surface area contributed by atoms with E-state index in [0.29, 0.717) is 5.56 Å². The zero-order valence-electron chi connectivity index (χ0n) is 10.9. The molecular formula is C16H11N3S. The molecule has 0 bridgehead atoms. The normalized spacial score (nSPS) is 10.2. The summed E-state index contributed by atoms with van der Waals surface area (Å²) in [6.07, 6.45) is 3.63. The number of nitriles is 1. The Morgan fingerprint density at radius 1 is 1.15 bits per heavy atom. The van der Waals surface area contributed by atoms with E-state index >= 15 is 0 Å². The molecule has 4 heteroatoms. The Kier molecular flexibility index (Phi) is 3.28. The molecule has 1 aromatic carbocycles. The van der Waals surface area contributed by atoms with E-state index in [1.54, 1.807) is 17.5 Å². The second-order valence-corrected chi connectivity index (χ2v) is 5.28. The third-order valence-electron chi connectivity index (χ3n) is 3.06. The number of rotatable bonds is 2. The van der Waals surface area contributed by atoms with Crippen molar-refractivity contribution in [1.82, 2.24) is 9.97 Å². The summed E-state index contributed by atoms with van der Waals surface area (Å²) in [5.74, 6) is 0. The van der Waals surface area contributed by atoms with Crippen LogP contribution in [0.3, 0.4) is 0 Å². The van der Waals surface area contributed by atoms with Crippen LogP contribution in [-0.2, 0) is 0 Å². The van der Waals surface area contributed by atoms with E-state index in [9.17, 15) is 0 Å². The number of thiazole rings is 1. The van der Waals surface area contributed by atoms with Crippen LogP contribution in [-0.4, -0.2) is 9.97 Å². The van der Waals surface area contributed by atoms with Gasteiger partial charge in [-0.2, -0.15) is 5.26 Å². The van der Waals surface area contributed by atoms with Gasteiger partial charge in [0.15, 0.2) is 0 Å². The molecule has 0 aliphatic heterocycles. The molecular weight excluding hydrogens is 266 g/mol. The van der Waals surface area contributed by atoms with Crippen LogP contribution in [0.2, 0.25) is 0 Å². The lowest BCUT2D eigenvalue weighted by Gasteiger charge is -2.00. The largest absolute Gasteiger partial charge is 0.264 e. The van der Waals surface area contributed by atoms with Crippen molar-refractivity contribution in [3.05, 3.63) is 59.2 Å². The van der Waals surface area contributed by atoms with Gasteiger partial charge in [0.25, 0.3) is 0 Å². The molecule has 0 unspecified atom stereocenters. The minimum atomic E-state index is 0.661. The molecule has 3 nitrogen and oxygen atoms in total. The summed E-state index contributed by atoms with van der Waals surface area (Å²) in [6.45, 7) is 2.03. The molecule has 0 spiro atoms. The molecule has 0 atom stereocenters. The van der Waals surface area contributed by atoms with Gasteiger partial charge in [-0.05, 0) is 30.7 Å². The van der Waals surface area contributed by atoms with Crippen molar-refractivity contribution in [1.29, 1.82) is 5.26 Å². The molecule has 3 rings (SSSR count). The molecule has 0 saturated heterocycles. The van der Waals surface area contributed by atoms with Gasteiger partial charge in [0, 0.05) is 28.9 Å². The van der Waals surface area contributed by atoms with Crippen molar-refractivity contribution >= 4 is 11.3 Å². The van der Waals surface area contributed by atoms with E-state index in [-0.39, 0.29) is 0 Å². The van der Waals surface area contributed by atoms with Crippen molar-refractivity contribution in [2.75, 3.05) is 0 Å². The van der Waals surface area contributed by atoms with Crippen LogP contribution >= 0.6 is 11.3 Å². The fourth-order valence-corrected chi connectivity index (χ4v) is 2.88. The number of hydrogen-bond donors (Lipinski definition) is 0. The summed E-state index contributed by atoms with van der Waals surface area (Å²) in [5.41, 5.74) is 4.86. The predicted molar refractivity (Wildman–Crippen MR) is 80.2 cm³/mol. The van der Waals surface area contributed by atoms with E-state index < -0.39 is 0 Å². The van der Waals surface area contributed by atoms with Gasteiger partial charge in [-0.1, -0.05) is 12.1 Å². The highest BCUT2D eigenvalue weighted by molar-refractivity contribution is 7.13. The molecule has 0 radical (unpaired) electrons. The van der Waals surface area contributed by atoms with Crippen LogP contribution in [0.1, 0.15) is 11.1 Å². The second kappa shape index (κ2) is 5.24. The van der Waals surface area contributed by atoms with E-state index in [0.717, 1.165) is 27.4 Å². The molecule has 2 heterocycles. The van der Waals surface area contributed by atoms with Crippen LogP contribution in [0.25, 0.3) is 21.8 Å². The summed E-state index contributed by atoms with van der Waals surface area (Å²) in [4.78, 5) is 8.78. The first-order valence-electron chi connectivity index (χ1n) is 6.15. The predicted octanol–water partition coefficient (Wildman–Crippen LogP) is 4.05. The molecule has 0 aliphatic rings. The summed E-state index contributed by atoms with van der Waals surface area (Å²) in [6, 6.07) is 11.6. The summed E-state index contributed by atoms with van der Waals surface area (Å²) >= 11 is 1.62. The third-order valence-corrected chi connectivity index (χ3v) is 3.94. The van der Waals surface area contributed by atoms with Crippen molar-refractivity contribution < 1.29 is 0 Å². The van der Waals surface area contributed by atoms with Gasteiger partial charge in [-0.25, -0.2) is 4.98 Å². The Hall–Kier alpha value is -2.51. The van der Waals surface area contributed by atoms with E-state index in [4.69, 9.17) is 5.26 Å². The van der Waals surface area contributed by atoms with E-state index in [1.807, 2.05) is 48.8 Å². The Morgan fingerprint density at radius 2 is 1.95 bits per heavy atom. The van der Waals surface area contributed by atoms with Crippen molar-refractivity contribution in [2.24, 2.45) is 0 Å². The first kappa shape index (κ1) is 12.5. The topological polar surface area (TPSA) is 49.6 Å². The Labute approximate surface area is 121 Å². The summed E-state index contributed by atoms with van der Waals surface area (Å²) in [5, 5.41) is 11.8. The number of hydrogen-bond acceptors (Lipinski definition) is 4. The SMILES string of the molecule is Cc1cnccc1-c1nc(-c2ccc(C#N)cc2)cs1. The van der Waals surface area contributed by atoms with Crippen LogP contribution in [0, 0.1) is 18.3 Å². The van der Waals surface area contributed by atoms with Crippen molar-refractivity contribution in [2.45, 2.75) is 6.92 Å². The Bertz CT molecular complexity index is 782. The molecule has 20 heavy (non-hydrogen) atoms. The first-order valence-corrected chi connectivity index (χ1v) is 7.03. The number of pyridine rings is 1. The zero-order valence-corrected chi connectivity index (χ0v) is 11.7. The number of nitrogens with zero attached hydrogens (tertiary/aromatic N) is 3. The zero-order chi connectivity index (χ0) is 13.9. The molecule has 96 valence electrons. The molecule has 0 fully saturated rings.